The summed E-state index contributed by atoms with van der Waals surface area (Å²) in [6, 6.07) is 4.89. The predicted octanol–water partition coefficient (Wildman–Crippen LogP) is 1.11. The number of carboxylic acids is 1. The normalized spacial score (nSPS) is 14.5. The molecule has 0 spiro atoms. The summed E-state index contributed by atoms with van der Waals surface area (Å²) in [5.41, 5.74) is 14.8. The molecule has 1 rings (SSSR count). The predicted molar refractivity (Wildman–Crippen MR) is 63.1 cm³/mol. The quantitative estimate of drug-likeness (QED) is 0.711. The first-order valence-electron chi connectivity index (χ1n) is 5.22. The zero-order valence-electron chi connectivity index (χ0n) is 9.60. The highest BCUT2D eigenvalue weighted by Gasteiger charge is 2.19. The topological polar surface area (TPSA) is 89.3 Å². The molecule has 0 heterocycles. The van der Waals surface area contributed by atoms with Gasteiger partial charge >= 0.3 is 5.97 Å². The Morgan fingerprint density at radius 2 is 2.00 bits per heavy atom. The lowest BCUT2D eigenvalue weighted by Gasteiger charge is -2.20. The monoisotopic (exact) mass is 222 g/mol. The van der Waals surface area contributed by atoms with Crippen LogP contribution in [0.4, 0.5) is 0 Å². The maximum atomic E-state index is 10.5. The molecule has 2 atom stereocenters. The molecular weight excluding hydrogens is 204 g/mol. The summed E-state index contributed by atoms with van der Waals surface area (Å²) in [7, 11) is 0. The number of carbonyl (C=O) groups is 1. The molecule has 1 aromatic rings. The Kier molecular flexibility index (Phi) is 4.04. The summed E-state index contributed by atoms with van der Waals surface area (Å²) in [5, 5.41) is 8.66. The number of carboxylic acid groups (broad SMARTS) is 1. The van der Waals surface area contributed by atoms with Gasteiger partial charge in [-0.25, -0.2) is 0 Å². The van der Waals surface area contributed by atoms with Crippen LogP contribution < -0.4 is 11.5 Å². The van der Waals surface area contributed by atoms with Crippen LogP contribution in [0.25, 0.3) is 0 Å². The van der Waals surface area contributed by atoms with Crippen LogP contribution in [0.15, 0.2) is 18.2 Å². The Hall–Kier alpha value is -1.39. The van der Waals surface area contributed by atoms with Gasteiger partial charge in [0.25, 0.3) is 0 Å². The van der Waals surface area contributed by atoms with E-state index in [1.807, 2.05) is 32.0 Å². The van der Waals surface area contributed by atoms with Gasteiger partial charge < -0.3 is 16.6 Å². The Morgan fingerprint density at radius 1 is 1.38 bits per heavy atom. The minimum Gasteiger partial charge on any atom is -0.481 e. The van der Waals surface area contributed by atoms with E-state index in [0.29, 0.717) is 0 Å². The lowest BCUT2D eigenvalue weighted by molar-refractivity contribution is -0.137. The van der Waals surface area contributed by atoms with Crippen LogP contribution >= 0.6 is 0 Å². The van der Waals surface area contributed by atoms with Crippen LogP contribution in [-0.4, -0.2) is 17.1 Å². The summed E-state index contributed by atoms with van der Waals surface area (Å²) in [6.45, 7) is 3.95. The maximum absolute atomic E-state index is 10.5. The van der Waals surface area contributed by atoms with Gasteiger partial charge in [0.15, 0.2) is 0 Å². The average Bonchev–Trinajstić information content (AvgIpc) is 2.15. The SMILES string of the molecule is Cc1ccc(C(N)C(N)CC(=O)O)c(C)c1. The first kappa shape index (κ1) is 12.7. The first-order chi connectivity index (χ1) is 7.41. The van der Waals surface area contributed by atoms with Gasteiger partial charge in [-0.1, -0.05) is 23.8 Å². The van der Waals surface area contributed by atoms with Gasteiger partial charge in [0.1, 0.15) is 0 Å². The van der Waals surface area contributed by atoms with Crippen molar-refractivity contribution >= 4 is 5.97 Å². The molecule has 0 amide bonds. The summed E-state index contributed by atoms with van der Waals surface area (Å²) in [4.78, 5) is 10.5. The third kappa shape index (κ3) is 3.05. The molecule has 0 aromatic heterocycles. The van der Waals surface area contributed by atoms with Gasteiger partial charge in [0.05, 0.1) is 6.42 Å². The van der Waals surface area contributed by atoms with Crippen LogP contribution in [0.2, 0.25) is 0 Å². The van der Waals surface area contributed by atoms with Gasteiger partial charge in [-0.15, -0.1) is 0 Å². The molecule has 4 nitrogen and oxygen atoms in total. The van der Waals surface area contributed by atoms with Gasteiger partial charge in [0, 0.05) is 12.1 Å². The van der Waals surface area contributed by atoms with E-state index in [0.717, 1.165) is 16.7 Å². The first-order valence-corrected chi connectivity index (χ1v) is 5.22. The minimum absolute atomic E-state index is 0.117. The fourth-order valence-corrected chi connectivity index (χ4v) is 1.76. The molecule has 0 saturated heterocycles. The number of rotatable bonds is 4. The molecule has 0 saturated carbocycles. The summed E-state index contributed by atoms with van der Waals surface area (Å²) >= 11 is 0. The number of hydrogen-bond acceptors (Lipinski definition) is 3. The number of aliphatic carboxylic acids is 1. The van der Waals surface area contributed by atoms with E-state index in [4.69, 9.17) is 16.6 Å². The van der Waals surface area contributed by atoms with Gasteiger partial charge in [0.2, 0.25) is 0 Å². The van der Waals surface area contributed by atoms with E-state index in [-0.39, 0.29) is 6.42 Å². The van der Waals surface area contributed by atoms with Crippen molar-refractivity contribution in [2.45, 2.75) is 32.4 Å². The third-order valence-corrected chi connectivity index (χ3v) is 2.66. The molecule has 0 fully saturated rings. The Balaban J connectivity index is 2.87. The second-order valence-corrected chi connectivity index (χ2v) is 4.15. The van der Waals surface area contributed by atoms with Crippen molar-refractivity contribution in [3.63, 3.8) is 0 Å². The lowest BCUT2D eigenvalue weighted by atomic mass is 9.94. The molecular formula is C12H18N2O2. The number of nitrogens with two attached hydrogens (primary N) is 2. The number of benzene rings is 1. The van der Waals surface area contributed by atoms with Crippen LogP contribution in [-0.2, 0) is 4.79 Å². The van der Waals surface area contributed by atoms with E-state index < -0.39 is 18.1 Å². The summed E-state index contributed by atoms with van der Waals surface area (Å²) in [5.74, 6) is -0.923. The lowest BCUT2D eigenvalue weighted by Crippen LogP contribution is -2.36. The van der Waals surface area contributed by atoms with Crippen molar-refractivity contribution in [2.75, 3.05) is 0 Å². The standard InChI is InChI=1S/C12H18N2O2/c1-7-3-4-9(8(2)5-7)12(14)10(13)6-11(15)16/h3-5,10,12H,6,13-14H2,1-2H3,(H,15,16). The van der Waals surface area contributed by atoms with E-state index >= 15 is 0 Å². The highest BCUT2D eigenvalue weighted by atomic mass is 16.4. The molecule has 4 heteroatoms. The minimum atomic E-state index is -0.923. The van der Waals surface area contributed by atoms with Crippen molar-refractivity contribution in [2.24, 2.45) is 11.5 Å². The van der Waals surface area contributed by atoms with Crippen molar-refractivity contribution in [3.8, 4) is 0 Å². The van der Waals surface area contributed by atoms with E-state index in [1.165, 1.54) is 0 Å². The largest absolute Gasteiger partial charge is 0.481 e. The maximum Gasteiger partial charge on any atom is 0.304 e. The van der Waals surface area contributed by atoms with Crippen molar-refractivity contribution in [1.29, 1.82) is 0 Å². The summed E-state index contributed by atoms with van der Waals surface area (Å²) in [6.07, 6.45) is -0.117. The van der Waals surface area contributed by atoms with Gasteiger partial charge in [-0.05, 0) is 25.0 Å². The second-order valence-electron chi connectivity index (χ2n) is 4.15. The summed E-state index contributed by atoms with van der Waals surface area (Å²) < 4.78 is 0. The Bertz CT molecular complexity index is 391. The molecule has 5 N–H and O–H groups in total. The molecule has 0 aliphatic rings. The van der Waals surface area contributed by atoms with Gasteiger partial charge in [-0.3, -0.25) is 4.79 Å². The Morgan fingerprint density at radius 3 is 2.50 bits per heavy atom. The van der Waals surface area contributed by atoms with Crippen molar-refractivity contribution in [1.82, 2.24) is 0 Å². The molecule has 0 aliphatic heterocycles. The van der Waals surface area contributed by atoms with Crippen molar-refractivity contribution in [3.05, 3.63) is 34.9 Å². The molecule has 0 bridgehead atoms. The number of aryl methyl sites for hydroxylation is 2. The highest BCUT2D eigenvalue weighted by molar-refractivity contribution is 5.67. The molecule has 0 aliphatic carbocycles. The average molecular weight is 222 g/mol. The fraction of sp³-hybridized carbons (Fsp3) is 0.417. The third-order valence-electron chi connectivity index (χ3n) is 2.66. The molecule has 1 aromatic carbocycles. The van der Waals surface area contributed by atoms with Crippen LogP contribution in [0, 0.1) is 13.8 Å². The Labute approximate surface area is 95.3 Å². The zero-order chi connectivity index (χ0) is 12.3. The molecule has 0 radical (unpaired) electrons. The smallest absolute Gasteiger partial charge is 0.304 e. The van der Waals surface area contributed by atoms with E-state index in [9.17, 15) is 4.79 Å². The highest BCUT2D eigenvalue weighted by Crippen LogP contribution is 2.20. The van der Waals surface area contributed by atoms with E-state index in [1.54, 1.807) is 0 Å². The molecule has 88 valence electrons. The molecule has 16 heavy (non-hydrogen) atoms. The van der Waals surface area contributed by atoms with Crippen LogP contribution in [0.5, 0.6) is 0 Å². The number of hydrogen-bond donors (Lipinski definition) is 3. The fourth-order valence-electron chi connectivity index (χ4n) is 1.76. The van der Waals surface area contributed by atoms with E-state index in [2.05, 4.69) is 0 Å². The van der Waals surface area contributed by atoms with Crippen LogP contribution in [0.3, 0.4) is 0 Å². The molecule has 2 unspecified atom stereocenters. The zero-order valence-corrected chi connectivity index (χ0v) is 9.60. The van der Waals surface area contributed by atoms with Gasteiger partial charge in [-0.2, -0.15) is 0 Å². The second kappa shape index (κ2) is 5.09. The van der Waals surface area contributed by atoms with Crippen LogP contribution in [0.1, 0.15) is 29.2 Å². The van der Waals surface area contributed by atoms with Crippen molar-refractivity contribution < 1.29 is 9.90 Å².